The Morgan fingerprint density at radius 2 is 1.82 bits per heavy atom. The van der Waals surface area contributed by atoms with E-state index in [0.29, 0.717) is 23.3 Å². The van der Waals surface area contributed by atoms with Gasteiger partial charge >= 0.3 is 5.97 Å². The van der Waals surface area contributed by atoms with E-state index in [2.05, 4.69) is 19.1 Å². The number of fused-ring (bicyclic) bond motifs is 4. The van der Waals surface area contributed by atoms with Crippen LogP contribution in [0.4, 0.5) is 0 Å². The van der Waals surface area contributed by atoms with E-state index >= 15 is 0 Å². The molecular weight excluding hydrogens is 420 g/mol. The fourth-order valence-corrected chi connectivity index (χ4v) is 4.68. The van der Waals surface area contributed by atoms with Crippen LogP contribution >= 0.6 is 0 Å². The molecule has 0 aliphatic carbocycles. The molecule has 2 aliphatic heterocycles. The fraction of sp³-hybridized carbons (Fsp3) is 0.519. The van der Waals surface area contributed by atoms with Crippen LogP contribution in [0.5, 0.6) is 0 Å². The highest BCUT2D eigenvalue weighted by Crippen LogP contribution is 2.36. The van der Waals surface area contributed by atoms with Crippen LogP contribution in [0.25, 0.3) is 17.0 Å². The van der Waals surface area contributed by atoms with Gasteiger partial charge in [0.05, 0.1) is 17.8 Å². The number of benzene rings is 1. The summed E-state index contributed by atoms with van der Waals surface area (Å²) in [6, 6.07) is 3.61. The van der Waals surface area contributed by atoms with E-state index in [1.54, 1.807) is 6.07 Å². The normalized spacial score (nSPS) is 32.0. The van der Waals surface area contributed by atoms with Crippen molar-refractivity contribution in [2.24, 2.45) is 11.8 Å². The Hall–Kier alpha value is -2.41. The van der Waals surface area contributed by atoms with Gasteiger partial charge in [-0.25, -0.2) is 4.79 Å². The quantitative estimate of drug-likeness (QED) is 0.450. The summed E-state index contributed by atoms with van der Waals surface area (Å²) in [5.74, 6) is -0.390. The molecule has 1 aromatic heterocycles. The highest BCUT2D eigenvalue weighted by molar-refractivity contribution is 6.03. The molecule has 178 valence electrons. The summed E-state index contributed by atoms with van der Waals surface area (Å²) in [5, 5.41) is 10.3. The summed E-state index contributed by atoms with van der Waals surface area (Å²) in [5.41, 5.74) is 2.64. The van der Waals surface area contributed by atoms with E-state index in [1.165, 1.54) is 0 Å². The largest absolute Gasteiger partial charge is 0.459 e. The molecule has 0 bridgehead atoms. The number of carbonyl (C=O) groups excluding carboxylic acids is 1. The predicted molar refractivity (Wildman–Crippen MR) is 127 cm³/mol. The molecule has 0 amide bonds. The van der Waals surface area contributed by atoms with Crippen molar-refractivity contribution < 1.29 is 28.5 Å². The number of hydrogen-bond acceptors (Lipinski definition) is 6. The summed E-state index contributed by atoms with van der Waals surface area (Å²) in [6.07, 6.45) is 8.32. The Kier molecular flexibility index (Phi) is 6.54. The van der Waals surface area contributed by atoms with E-state index in [-0.39, 0.29) is 42.7 Å². The fourth-order valence-electron chi connectivity index (χ4n) is 4.68. The molecule has 2 aromatic rings. The predicted octanol–water partition coefficient (Wildman–Crippen LogP) is 5.54. The highest BCUT2D eigenvalue weighted by Gasteiger charge is 2.42. The molecule has 1 N–H and O–H groups in total. The minimum Gasteiger partial charge on any atom is -0.459 e. The second-order valence-electron chi connectivity index (χ2n) is 9.76. The summed E-state index contributed by atoms with van der Waals surface area (Å²) in [7, 11) is 0. The highest BCUT2D eigenvalue weighted by atomic mass is 16.8. The van der Waals surface area contributed by atoms with Crippen molar-refractivity contribution >= 4 is 23.0 Å². The second kappa shape index (κ2) is 9.09. The first-order valence-corrected chi connectivity index (χ1v) is 11.7. The maximum atomic E-state index is 13.3. The number of aliphatic hydroxyl groups is 1. The maximum absolute atomic E-state index is 13.3. The number of aryl methyl sites for hydroxylation is 1. The third kappa shape index (κ3) is 4.79. The van der Waals surface area contributed by atoms with Gasteiger partial charge in [0, 0.05) is 17.2 Å². The van der Waals surface area contributed by atoms with E-state index in [4.69, 9.17) is 18.6 Å². The average molecular weight is 455 g/mol. The third-order valence-electron chi connectivity index (χ3n) is 6.62. The SMILES string of the molecule is Cc1cc2oc(CO)cc2c2c1C(=O)O[C@@H](C)[C@H](C)/C=C\C(C)[C@H]1OC(C)(C)O[C@H]1C/C=C/2. The van der Waals surface area contributed by atoms with Crippen molar-refractivity contribution in [3.05, 3.63) is 52.8 Å². The summed E-state index contributed by atoms with van der Waals surface area (Å²) in [4.78, 5) is 13.3. The molecule has 1 aromatic carbocycles. The molecule has 5 atom stereocenters. The van der Waals surface area contributed by atoms with Crippen LogP contribution in [0.2, 0.25) is 0 Å². The first-order valence-electron chi connectivity index (χ1n) is 11.7. The van der Waals surface area contributed by atoms with Gasteiger partial charge in [-0.05, 0) is 57.4 Å². The van der Waals surface area contributed by atoms with Crippen LogP contribution in [0, 0.1) is 18.8 Å². The van der Waals surface area contributed by atoms with Gasteiger partial charge in [-0.1, -0.05) is 38.2 Å². The van der Waals surface area contributed by atoms with Crippen LogP contribution in [-0.2, 0) is 20.8 Å². The van der Waals surface area contributed by atoms with Gasteiger partial charge in [0.15, 0.2) is 5.79 Å². The first-order chi connectivity index (χ1) is 15.6. The van der Waals surface area contributed by atoms with Gasteiger partial charge < -0.3 is 23.7 Å². The lowest BCUT2D eigenvalue weighted by Crippen LogP contribution is -2.29. The van der Waals surface area contributed by atoms with E-state index in [1.807, 2.05) is 52.8 Å². The molecular formula is C27H34O6. The topological polar surface area (TPSA) is 78.1 Å². The Morgan fingerprint density at radius 1 is 1.09 bits per heavy atom. The van der Waals surface area contributed by atoms with Crippen molar-refractivity contribution in [3.8, 4) is 0 Å². The Balaban J connectivity index is 1.83. The molecule has 2 aliphatic rings. The molecule has 0 saturated carbocycles. The first kappa shape index (κ1) is 23.7. The maximum Gasteiger partial charge on any atom is 0.339 e. The smallest absolute Gasteiger partial charge is 0.339 e. The zero-order chi connectivity index (χ0) is 23.9. The molecule has 4 rings (SSSR count). The lowest BCUT2D eigenvalue weighted by molar-refractivity contribution is -0.148. The number of hydrogen-bond donors (Lipinski definition) is 1. The van der Waals surface area contributed by atoms with Crippen molar-refractivity contribution in [2.75, 3.05) is 0 Å². The monoisotopic (exact) mass is 454 g/mol. The van der Waals surface area contributed by atoms with Crippen LogP contribution in [0.15, 0.2) is 34.8 Å². The van der Waals surface area contributed by atoms with Gasteiger partial charge in [-0.2, -0.15) is 0 Å². The molecule has 0 spiro atoms. The van der Waals surface area contributed by atoms with Gasteiger partial charge in [0.2, 0.25) is 0 Å². The van der Waals surface area contributed by atoms with E-state index in [9.17, 15) is 9.90 Å². The number of ether oxygens (including phenoxy) is 3. The molecule has 0 radical (unpaired) electrons. The summed E-state index contributed by atoms with van der Waals surface area (Å²) < 4.78 is 24.1. The lowest BCUT2D eigenvalue weighted by atomic mass is 9.93. The minimum absolute atomic E-state index is 0.0334. The molecule has 6 heteroatoms. The van der Waals surface area contributed by atoms with Crippen LogP contribution in [0.1, 0.15) is 68.3 Å². The Bertz CT molecular complexity index is 1090. The van der Waals surface area contributed by atoms with Crippen LogP contribution < -0.4 is 0 Å². The van der Waals surface area contributed by atoms with Crippen LogP contribution in [-0.4, -0.2) is 35.2 Å². The standard InChI is InChI=1S/C27H34O6/c1-15-10-11-16(2)25-22(32-27(5,6)33-25)9-7-8-20-21-13-19(14-28)31-23(21)12-17(3)24(20)26(29)30-18(15)4/h7-8,10-13,15-16,18,22,25,28H,9,14H2,1-6H3/b8-7+,11-10-/t15-,16?,18+,22+,25-/m1/s1. The molecule has 6 nitrogen and oxygen atoms in total. The summed E-state index contributed by atoms with van der Waals surface area (Å²) in [6.45, 7) is 11.6. The third-order valence-corrected chi connectivity index (χ3v) is 6.62. The average Bonchev–Trinajstić information content (AvgIpc) is 3.30. The Morgan fingerprint density at radius 3 is 2.55 bits per heavy atom. The van der Waals surface area contributed by atoms with E-state index < -0.39 is 5.79 Å². The Labute approximate surface area is 195 Å². The van der Waals surface area contributed by atoms with Gasteiger partial charge in [-0.15, -0.1) is 0 Å². The van der Waals surface area contributed by atoms with Crippen molar-refractivity contribution in [1.82, 2.24) is 0 Å². The number of rotatable bonds is 1. The number of cyclic esters (lactones) is 1. The van der Waals surface area contributed by atoms with E-state index in [0.717, 1.165) is 16.5 Å². The van der Waals surface area contributed by atoms with Crippen molar-refractivity contribution in [1.29, 1.82) is 0 Å². The minimum atomic E-state index is -0.653. The molecule has 1 fully saturated rings. The molecule has 1 saturated heterocycles. The number of carbonyl (C=O) groups is 1. The molecule has 3 heterocycles. The van der Waals surface area contributed by atoms with Gasteiger partial charge in [0.1, 0.15) is 24.1 Å². The van der Waals surface area contributed by atoms with Gasteiger partial charge in [0.25, 0.3) is 0 Å². The summed E-state index contributed by atoms with van der Waals surface area (Å²) >= 11 is 0. The zero-order valence-corrected chi connectivity index (χ0v) is 20.3. The van der Waals surface area contributed by atoms with Crippen LogP contribution in [0.3, 0.4) is 0 Å². The molecule has 33 heavy (non-hydrogen) atoms. The lowest BCUT2D eigenvalue weighted by Gasteiger charge is -2.23. The number of esters is 1. The number of furan rings is 1. The zero-order valence-electron chi connectivity index (χ0n) is 20.3. The number of aliphatic hydroxyl groups excluding tert-OH is 1. The van der Waals surface area contributed by atoms with Crippen molar-refractivity contribution in [2.45, 2.75) is 78.7 Å². The van der Waals surface area contributed by atoms with Crippen molar-refractivity contribution in [3.63, 3.8) is 0 Å². The molecule has 1 unspecified atom stereocenters. The second-order valence-corrected chi connectivity index (χ2v) is 9.76. The van der Waals surface area contributed by atoms with Gasteiger partial charge in [-0.3, -0.25) is 0 Å².